The molecule has 8 rings (SSSR count). The molecule has 5 aliphatic carbocycles. The van der Waals surface area contributed by atoms with Gasteiger partial charge in [-0.25, -0.2) is 0 Å². The molecule has 6 nitrogen and oxygen atoms in total. The van der Waals surface area contributed by atoms with Gasteiger partial charge >= 0.3 is 5.97 Å². The molecule has 43 heavy (non-hydrogen) atoms. The van der Waals surface area contributed by atoms with Crippen LogP contribution in [-0.2, 0) is 21.4 Å². The molecule has 1 saturated heterocycles. The van der Waals surface area contributed by atoms with Gasteiger partial charge in [0.1, 0.15) is 11.7 Å². The van der Waals surface area contributed by atoms with Gasteiger partial charge in [0, 0.05) is 48.4 Å². The van der Waals surface area contributed by atoms with Crippen molar-refractivity contribution in [2.45, 2.75) is 147 Å². The number of fused-ring (bicyclic) bond motifs is 2. The predicted octanol–water partition coefficient (Wildman–Crippen LogP) is 6.97. The highest BCUT2D eigenvalue weighted by molar-refractivity contribution is 5.75. The monoisotopic (exact) mass is 593 g/mol. The summed E-state index contributed by atoms with van der Waals surface area (Å²) in [7, 11) is 1.84. The highest BCUT2D eigenvalue weighted by Crippen LogP contribution is 2.78. The smallest absolute Gasteiger partial charge is 0.311 e. The standard InChI is InChI=1S/C37H55NO5/c1-7-8-9-10-11-12-29(39)42-26-16-15-25-21-28-35-17-18-37(41-6,27(22-35)34(5,40)33(2,3)4)32-36(35,30(25)31(26)43-32)19-20-38(28)23-24-13-14-24/h15-16,24,27-28,32,40H,7-14,17-23H2,1-6H3/t27-,28-,32-,34+,35-,36+,37-/m1/s1. The van der Waals surface area contributed by atoms with E-state index >= 15 is 0 Å². The second-order valence-corrected chi connectivity index (χ2v) is 16.4. The Morgan fingerprint density at radius 1 is 1.09 bits per heavy atom. The average Bonchev–Trinajstić information content (AvgIpc) is 3.71. The van der Waals surface area contributed by atoms with E-state index in [1.165, 1.54) is 49.8 Å². The maximum absolute atomic E-state index is 13.1. The summed E-state index contributed by atoms with van der Waals surface area (Å²) in [6.45, 7) is 13.0. The number of piperidine rings is 1. The molecule has 238 valence electrons. The molecule has 2 heterocycles. The van der Waals surface area contributed by atoms with Gasteiger partial charge in [-0.15, -0.1) is 0 Å². The third-order valence-electron chi connectivity index (χ3n) is 13.5. The van der Waals surface area contributed by atoms with Crippen LogP contribution in [0.15, 0.2) is 12.1 Å². The van der Waals surface area contributed by atoms with Crippen LogP contribution in [-0.4, -0.2) is 59.5 Å². The molecule has 7 aliphatic rings. The van der Waals surface area contributed by atoms with E-state index in [2.05, 4.69) is 38.7 Å². The van der Waals surface area contributed by atoms with E-state index in [1.54, 1.807) is 0 Å². The molecule has 5 fully saturated rings. The fourth-order valence-corrected chi connectivity index (χ4v) is 10.7. The third kappa shape index (κ3) is 4.10. The number of nitrogens with zero attached hydrogens (tertiary/aromatic N) is 1. The fourth-order valence-electron chi connectivity index (χ4n) is 10.7. The Morgan fingerprint density at radius 2 is 1.86 bits per heavy atom. The van der Waals surface area contributed by atoms with Crippen LogP contribution in [0.5, 0.6) is 11.5 Å². The van der Waals surface area contributed by atoms with E-state index in [4.69, 9.17) is 14.2 Å². The summed E-state index contributed by atoms with van der Waals surface area (Å²) >= 11 is 0. The number of benzene rings is 1. The van der Waals surface area contributed by atoms with Gasteiger partial charge in [-0.3, -0.25) is 9.69 Å². The van der Waals surface area contributed by atoms with E-state index in [0.29, 0.717) is 18.2 Å². The van der Waals surface area contributed by atoms with Crippen molar-refractivity contribution >= 4 is 5.97 Å². The summed E-state index contributed by atoms with van der Waals surface area (Å²) < 4.78 is 20.1. The second-order valence-electron chi connectivity index (χ2n) is 16.4. The van der Waals surface area contributed by atoms with E-state index in [9.17, 15) is 9.90 Å². The Morgan fingerprint density at radius 3 is 2.56 bits per heavy atom. The highest BCUT2D eigenvalue weighted by Gasteiger charge is 2.82. The molecular weight excluding hydrogens is 538 g/mol. The molecule has 1 N–H and O–H groups in total. The van der Waals surface area contributed by atoms with Gasteiger partial charge in [-0.2, -0.15) is 0 Å². The molecular formula is C37H55NO5. The number of hydrogen-bond acceptors (Lipinski definition) is 6. The maximum Gasteiger partial charge on any atom is 0.311 e. The molecule has 0 amide bonds. The van der Waals surface area contributed by atoms with Crippen molar-refractivity contribution in [1.29, 1.82) is 0 Å². The topological polar surface area (TPSA) is 68.2 Å². The van der Waals surface area contributed by atoms with Gasteiger partial charge < -0.3 is 19.3 Å². The lowest BCUT2D eigenvalue weighted by Gasteiger charge is -2.75. The van der Waals surface area contributed by atoms with Gasteiger partial charge in [0.05, 0.1) is 5.60 Å². The Balaban J connectivity index is 1.31. The van der Waals surface area contributed by atoms with Crippen molar-refractivity contribution < 1.29 is 24.1 Å². The van der Waals surface area contributed by atoms with E-state index in [-0.39, 0.29) is 34.2 Å². The third-order valence-corrected chi connectivity index (χ3v) is 13.5. The highest BCUT2D eigenvalue weighted by atomic mass is 16.6. The first kappa shape index (κ1) is 30.0. The fraction of sp³-hybridized carbons (Fsp3) is 0.811. The Bertz CT molecular complexity index is 1260. The van der Waals surface area contributed by atoms with Crippen LogP contribution >= 0.6 is 0 Å². The van der Waals surface area contributed by atoms with Crippen molar-refractivity contribution in [3.05, 3.63) is 23.3 Å². The summed E-state index contributed by atoms with van der Waals surface area (Å²) in [5.74, 6) is 1.98. The molecule has 1 aromatic rings. The van der Waals surface area contributed by atoms with Gasteiger partial charge in [-0.1, -0.05) is 59.4 Å². The summed E-state index contributed by atoms with van der Waals surface area (Å²) in [5, 5.41) is 12.4. The van der Waals surface area contributed by atoms with Crippen molar-refractivity contribution in [2.75, 3.05) is 20.2 Å². The SMILES string of the molecule is CCCCCCCC(=O)Oc1ccc2c3c1O[C@H]1[C@@]4(OC)CC[C@@]5(C[C@@H]4[C@](C)(O)C(C)(C)C)[C@@H](C2)N(CC2CC2)CC[C@]315. The van der Waals surface area contributed by atoms with Crippen LogP contribution < -0.4 is 9.47 Å². The number of hydrogen-bond donors (Lipinski definition) is 1. The molecule has 2 spiro atoms. The van der Waals surface area contributed by atoms with Crippen LogP contribution in [0, 0.1) is 22.7 Å². The number of ether oxygens (including phenoxy) is 3. The molecule has 0 radical (unpaired) electrons. The molecule has 6 heteroatoms. The quantitative estimate of drug-likeness (QED) is 0.170. The number of rotatable bonds is 11. The molecule has 1 aromatic carbocycles. The van der Waals surface area contributed by atoms with Gasteiger partial charge in [0.25, 0.3) is 0 Å². The number of carbonyl (C=O) groups is 1. The first-order chi connectivity index (χ1) is 20.4. The minimum atomic E-state index is -0.945. The largest absolute Gasteiger partial charge is 0.482 e. The summed E-state index contributed by atoms with van der Waals surface area (Å²) in [4.78, 5) is 15.9. The lowest BCUT2D eigenvalue weighted by molar-refractivity contribution is -0.312. The maximum atomic E-state index is 13.1. The summed E-state index contributed by atoms with van der Waals surface area (Å²) in [6, 6.07) is 4.66. The lowest BCUT2D eigenvalue weighted by atomic mass is 9.33. The van der Waals surface area contributed by atoms with Crippen LogP contribution in [0.25, 0.3) is 0 Å². The molecule has 2 aliphatic heterocycles. The number of methoxy groups -OCH3 is 1. The Hall–Kier alpha value is -1.63. The zero-order chi connectivity index (χ0) is 30.4. The Kier molecular flexibility index (Phi) is 7.12. The molecule has 7 atom stereocenters. The van der Waals surface area contributed by atoms with Crippen molar-refractivity contribution in [3.63, 3.8) is 0 Å². The second kappa shape index (κ2) is 10.2. The predicted molar refractivity (Wildman–Crippen MR) is 168 cm³/mol. The molecule has 4 saturated carbocycles. The number of unbranched alkanes of at least 4 members (excludes halogenated alkanes) is 4. The zero-order valence-electron chi connectivity index (χ0n) is 27.6. The molecule has 4 bridgehead atoms. The van der Waals surface area contributed by atoms with Crippen LogP contribution in [0.2, 0.25) is 0 Å². The summed E-state index contributed by atoms with van der Waals surface area (Å²) in [6.07, 6.45) is 13.4. The number of esters is 1. The van der Waals surface area contributed by atoms with Crippen LogP contribution in [0.3, 0.4) is 0 Å². The molecule has 0 aromatic heterocycles. The van der Waals surface area contributed by atoms with Crippen molar-refractivity contribution in [1.82, 2.24) is 4.90 Å². The Labute approximate surface area is 259 Å². The van der Waals surface area contributed by atoms with Crippen LogP contribution in [0.4, 0.5) is 0 Å². The zero-order valence-corrected chi connectivity index (χ0v) is 27.6. The van der Waals surface area contributed by atoms with Crippen molar-refractivity contribution in [3.8, 4) is 11.5 Å². The van der Waals surface area contributed by atoms with Gasteiger partial charge in [-0.05, 0) is 87.8 Å². The first-order valence-electron chi connectivity index (χ1n) is 17.5. The van der Waals surface area contributed by atoms with E-state index < -0.39 is 11.2 Å². The number of aliphatic hydroxyl groups is 1. The minimum Gasteiger partial charge on any atom is -0.482 e. The average molecular weight is 594 g/mol. The molecule has 0 unspecified atom stereocenters. The van der Waals surface area contributed by atoms with Gasteiger partial charge in [0.15, 0.2) is 11.5 Å². The normalized spacial score (nSPS) is 37.0. The van der Waals surface area contributed by atoms with Crippen LogP contribution in [0.1, 0.15) is 123 Å². The number of carbonyl (C=O) groups excluding carboxylic acids is 1. The minimum absolute atomic E-state index is 0.00878. The van der Waals surface area contributed by atoms with Crippen molar-refractivity contribution in [2.24, 2.45) is 22.7 Å². The number of likely N-dealkylation sites (tertiary alicyclic amines) is 1. The summed E-state index contributed by atoms with van der Waals surface area (Å²) in [5.41, 5.74) is 0.590. The van der Waals surface area contributed by atoms with E-state index in [0.717, 1.165) is 63.2 Å². The lowest BCUT2D eigenvalue weighted by Crippen LogP contribution is -2.83. The first-order valence-corrected chi connectivity index (χ1v) is 17.5. The van der Waals surface area contributed by atoms with E-state index in [1.807, 2.05) is 20.1 Å². The van der Waals surface area contributed by atoms with Gasteiger partial charge in [0.2, 0.25) is 0 Å².